The molecule has 6 heteroatoms. The van der Waals surface area contributed by atoms with Crippen molar-refractivity contribution in [2.75, 3.05) is 0 Å². The van der Waals surface area contributed by atoms with Gasteiger partial charge in [0.2, 0.25) is 5.89 Å². The molecule has 0 aliphatic carbocycles. The zero-order chi connectivity index (χ0) is 12.5. The molecule has 1 unspecified atom stereocenters. The van der Waals surface area contributed by atoms with Crippen molar-refractivity contribution in [2.45, 2.75) is 24.3 Å². The van der Waals surface area contributed by atoms with E-state index in [-0.39, 0.29) is 5.25 Å². The third kappa shape index (κ3) is 1.99. The Bertz CT molecular complexity index is 675. The van der Waals surface area contributed by atoms with Gasteiger partial charge in [0, 0.05) is 6.20 Å². The minimum atomic E-state index is 0.0806. The van der Waals surface area contributed by atoms with Crippen LogP contribution in [0.5, 0.6) is 0 Å². The van der Waals surface area contributed by atoms with E-state index >= 15 is 0 Å². The molecule has 92 valence electrons. The van der Waals surface area contributed by atoms with Crippen molar-refractivity contribution < 1.29 is 4.52 Å². The first-order chi connectivity index (χ1) is 8.74. The summed E-state index contributed by atoms with van der Waals surface area (Å²) >= 11 is 1.60. The lowest BCUT2D eigenvalue weighted by Gasteiger charge is -2.04. The van der Waals surface area contributed by atoms with Gasteiger partial charge in [0.05, 0.1) is 17.0 Å². The van der Waals surface area contributed by atoms with Gasteiger partial charge in [-0.3, -0.25) is 4.40 Å². The van der Waals surface area contributed by atoms with Crippen LogP contribution in [0.15, 0.2) is 40.3 Å². The van der Waals surface area contributed by atoms with Gasteiger partial charge in [-0.25, -0.2) is 4.98 Å². The van der Waals surface area contributed by atoms with Gasteiger partial charge >= 0.3 is 0 Å². The van der Waals surface area contributed by atoms with Crippen molar-refractivity contribution in [3.05, 3.63) is 42.3 Å². The second-order valence-corrected chi connectivity index (χ2v) is 5.28. The summed E-state index contributed by atoms with van der Waals surface area (Å²) in [6.45, 7) is 3.84. The number of rotatable bonds is 3. The summed E-state index contributed by atoms with van der Waals surface area (Å²) in [7, 11) is 0. The van der Waals surface area contributed by atoms with Crippen molar-refractivity contribution in [3.63, 3.8) is 0 Å². The zero-order valence-electron chi connectivity index (χ0n) is 10.1. The van der Waals surface area contributed by atoms with E-state index in [9.17, 15) is 0 Å². The molecule has 3 aromatic rings. The van der Waals surface area contributed by atoms with Crippen molar-refractivity contribution >= 4 is 17.3 Å². The van der Waals surface area contributed by atoms with E-state index in [1.165, 1.54) is 0 Å². The Kier molecular flexibility index (Phi) is 2.79. The highest BCUT2D eigenvalue weighted by Crippen LogP contribution is 2.33. The minimum absolute atomic E-state index is 0.0806. The van der Waals surface area contributed by atoms with E-state index < -0.39 is 0 Å². The third-order valence-electron chi connectivity index (χ3n) is 2.58. The summed E-state index contributed by atoms with van der Waals surface area (Å²) in [6.07, 6.45) is 3.85. The lowest BCUT2D eigenvalue weighted by atomic mass is 10.4. The molecule has 0 saturated carbocycles. The highest BCUT2D eigenvalue weighted by Gasteiger charge is 2.16. The number of aryl methyl sites for hydroxylation is 1. The Morgan fingerprint density at radius 3 is 3.06 bits per heavy atom. The fraction of sp³-hybridized carbons (Fsp3) is 0.250. The first kappa shape index (κ1) is 11.3. The number of nitrogens with zero attached hydrogens (tertiary/aromatic N) is 4. The molecule has 0 N–H and O–H groups in total. The second kappa shape index (κ2) is 4.45. The Morgan fingerprint density at radius 1 is 1.39 bits per heavy atom. The highest BCUT2D eigenvalue weighted by atomic mass is 32.2. The Hall–Kier alpha value is -1.82. The number of aromatic nitrogens is 4. The van der Waals surface area contributed by atoms with Gasteiger partial charge in [0.1, 0.15) is 0 Å². The van der Waals surface area contributed by atoms with Gasteiger partial charge in [-0.15, -0.1) is 0 Å². The topological polar surface area (TPSA) is 56.2 Å². The summed E-state index contributed by atoms with van der Waals surface area (Å²) in [5, 5.41) is 4.81. The van der Waals surface area contributed by atoms with E-state index in [1.54, 1.807) is 11.8 Å². The van der Waals surface area contributed by atoms with E-state index in [4.69, 9.17) is 4.52 Å². The maximum Gasteiger partial charge on any atom is 0.239 e. The molecule has 3 heterocycles. The molecule has 0 aliphatic rings. The molecule has 1 atom stereocenters. The molecule has 5 nitrogen and oxygen atoms in total. The molecule has 0 aromatic carbocycles. The van der Waals surface area contributed by atoms with Gasteiger partial charge in [-0.05, 0) is 26.0 Å². The average molecular weight is 260 g/mol. The molecule has 3 aromatic heterocycles. The molecule has 0 radical (unpaired) electrons. The van der Waals surface area contributed by atoms with E-state index in [0.29, 0.717) is 11.7 Å². The molecular formula is C12H12N4OS. The van der Waals surface area contributed by atoms with Gasteiger partial charge < -0.3 is 4.52 Å². The Balaban J connectivity index is 1.88. The minimum Gasteiger partial charge on any atom is -0.338 e. The number of hydrogen-bond donors (Lipinski definition) is 0. The summed E-state index contributed by atoms with van der Waals surface area (Å²) in [4.78, 5) is 8.64. The highest BCUT2D eigenvalue weighted by molar-refractivity contribution is 7.99. The fourth-order valence-corrected chi connectivity index (χ4v) is 2.60. The van der Waals surface area contributed by atoms with Gasteiger partial charge in [0.25, 0.3) is 0 Å². The molecular weight excluding hydrogens is 248 g/mol. The van der Waals surface area contributed by atoms with E-state index in [1.807, 2.05) is 48.8 Å². The smallest absolute Gasteiger partial charge is 0.239 e. The summed E-state index contributed by atoms with van der Waals surface area (Å²) in [5.41, 5.74) is 1.08. The molecule has 0 spiro atoms. The van der Waals surface area contributed by atoms with Crippen LogP contribution in [0.2, 0.25) is 0 Å². The molecule has 3 rings (SSSR count). The van der Waals surface area contributed by atoms with Crippen LogP contribution in [0.1, 0.15) is 23.9 Å². The van der Waals surface area contributed by atoms with Crippen LogP contribution in [0, 0.1) is 6.92 Å². The van der Waals surface area contributed by atoms with Crippen molar-refractivity contribution in [1.29, 1.82) is 0 Å². The van der Waals surface area contributed by atoms with Gasteiger partial charge in [-0.2, -0.15) is 4.98 Å². The summed E-state index contributed by atoms with van der Waals surface area (Å²) in [5.74, 6) is 1.29. The number of imidazole rings is 1. The lowest BCUT2D eigenvalue weighted by molar-refractivity contribution is 0.376. The molecule has 0 bridgehead atoms. The van der Waals surface area contributed by atoms with Crippen LogP contribution in [0.25, 0.3) is 5.52 Å². The maximum atomic E-state index is 5.17. The van der Waals surface area contributed by atoms with E-state index in [0.717, 1.165) is 10.7 Å². The molecule has 0 amide bonds. The monoisotopic (exact) mass is 260 g/mol. The van der Waals surface area contributed by atoms with Crippen LogP contribution in [0.3, 0.4) is 0 Å². The molecule has 0 saturated heterocycles. The van der Waals surface area contributed by atoms with Crippen LogP contribution in [0.4, 0.5) is 0 Å². The van der Waals surface area contributed by atoms with Crippen LogP contribution in [-0.4, -0.2) is 19.5 Å². The number of pyridine rings is 1. The van der Waals surface area contributed by atoms with Gasteiger partial charge in [0.15, 0.2) is 11.0 Å². The third-order valence-corrected chi connectivity index (χ3v) is 3.65. The first-order valence-electron chi connectivity index (χ1n) is 5.63. The molecule has 0 fully saturated rings. The van der Waals surface area contributed by atoms with E-state index in [2.05, 4.69) is 15.1 Å². The fourth-order valence-electron chi connectivity index (χ4n) is 1.69. The largest absolute Gasteiger partial charge is 0.338 e. The second-order valence-electron chi connectivity index (χ2n) is 3.98. The van der Waals surface area contributed by atoms with Crippen LogP contribution >= 0.6 is 11.8 Å². The van der Waals surface area contributed by atoms with Crippen molar-refractivity contribution in [3.8, 4) is 0 Å². The predicted octanol–water partition coefficient (Wildman–Crippen LogP) is 2.88. The quantitative estimate of drug-likeness (QED) is 0.678. The van der Waals surface area contributed by atoms with Crippen molar-refractivity contribution in [2.24, 2.45) is 0 Å². The summed E-state index contributed by atoms with van der Waals surface area (Å²) < 4.78 is 7.21. The van der Waals surface area contributed by atoms with Crippen LogP contribution < -0.4 is 0 Å². The molecule has 18 heavy (non-hydrogen) atoms. The zero-order valence-corrected chi connectivity index (χ0v) is 10.9. The van der Waals surface area contributed by atoms with Crippen LogP contribution in [-0.2, 0) is 0 Å². The van der Waals surface area contributed by atoms with Crippen molar-refractivity contribution in [1.82, 2.24) is 19.5 Å². The average Bonchev–Trinajstić information content (AvgIpc) is 2.97. The SMILES string of the molecule is Cc1noc(C(C)Sc2ncc3ccccn23)n1. The first-order valence-corrected chi connectivity index (χ1v) is 6.51. The normalized spacial score (nSPS) is 13.0. The maximum absolute atomic E-state index is 5.17. The number of thioether (sulfide) groups is 1. The summed E-state index contributed by atoms with van der Waals surface area (Å²) in [6, 6.07) is 6.01. The number of hydrogen-bond acceptors (Lipinski definition) is 5. The lowest BCUT2D eigenvalue weighted by Crippen LogP contribution is -1.92. The Morgan fingerprint density at radius 2 is 2.28 bits per heavy atom. The standard InChI is InChI=1S/C12H12N4OS/c1-8(11-14-9(2)15-17-11)18-12-13-7-10-5-3-4-6-16(10)12/h3-8H,1-2H3. The number of fused-ring (bicyclic) bond motifs is 1. The van der Waals surface area contributed by atoms with Gasteiger partial charge in [-0.1, -0.05) is 23.0 Å². The molecule has 0 aliphatic heterocycles. The predicted molar refractivity (Wildman–Crippen MR) is 68.5 cm³/mol. The Labute approximate surface area is 108 Å².